The van der Waals surface area contributed by atoms with Crippen LogP contribution in [-0.2, 0) is 9.53 Å². The van der Waals surface area contributed by atoms with Crippen LogP contribution in [0.4, 0.5) is 0 Å². The van der Waals surface area contributed by atoms with Crippen molar-refractivity contribution in [2.75, 3.05) is 20.2 Å². The van der Waals surface area contributed by atoms with E-state index in [4.69, 9.17) is 10.5 Å². The molecule has 1 aliphatic heterocycles. The molecule has 0 aromatic carbocycles. The van der Waals surface area contributed by atoms with E-state index in [1.165, 1.54) is 0 Å². The Bertz CT molecular complexity index is 184. The summed E-state index contributed by atoms with van der Waals surface area (Å²) in [4.78, 5) is 12.7. The number of rotatable bonds is 4. The number of hydrogen-bond acceptors (Lipinski definition) is 3. The van der Waals surface area contributed by atoms with Gasteiger partial charge in [-0.05, 0) is 20.4 Å². The van der Waals surface area contributed by atoms with Gasteiger partial charge in [0.1, 0.15) is 0 Å². The zero-order valence-electron chi connectivity index (χ0n) is 8.32. The summed E-state index contributed by atoms with van der Waals surface area (Å²) in [5.74, 6) is -0.238. The molecule has 1 amide bonds. The van der Waals surface area contributed by atoms with Crippen LogP contribution in [0.2, 0.25) is 0 Å². The quantitative estimate of drug-likeness (QED) is 0.671. The molecule has 0 aromatic heterocycles. The Morgan fingerprint density at radius 1 is 1.69 bits per heavy atom. The van der Waals surface area contributed by atoms with Crippen LogP contribution in [0.1, 0.15) is 19.8 Å². The molecule has 1 heterocycles. The van der Waals surface area contributed by atoms with Gasteiger partial charge in [0, 0.05) is 25.6 Å². The lowest BCUT2D eigenvalue weighted by Crippen LogP contribution is -2.38. The number of nitrogens with zero attached hydrogens (tertiary/aromatic N) is 1. The van der Waals surface area contributed by atoms with Gasteiger partial charge in [-0.25, -0.2) is 0 Å². The van der Waals surface area contributed by atoms with Crippen LogP contribution in [0.5, 0.6) is 0 Å². The topological polar surface area (TPSA) is 55.6 Å². The van der Waals surface area contributed by atoms with Gasteiger partial charge in [0.25, 0.3) is 0 Å². The smallest absolute Gasteiger partial charge is 0.218 e. The van der Waals surface area contributed by atoms with Crippen LogP contribution in [0.3, 0.4) is 0 Å². The summed E-state index contributed by atoms with van der Waals surface area (Å²) in [5, 5.41) is 0. The number of carbonyl (C=O) groups is 1. The Balaban J connectivity index is 2.29. The summed E-state index contributed by atoms with van der Waals surface area (Å²) in [6.45, 7) is 3.62. The van der Waals surface area contributed by atoms with Gasteiger partial charge in [-0.15, -0.1) is 0 Å². The lowest BCUT2D eigenvalue weighted by molar-refractivity contribution is -0.118. The van der Waals surface area contributed by atoms with Crippen LogP contribution in [-0.4, -0.2) is 43.2 Å². The Labute approximate surface area is 79.0 Å². The van der Waals surface area contributed by atoms with Crippen molar-refractivity contribution in [2.45, 2.75) is 31.9 Å². The van der Waals surface area contributed by atoms with E-state index in [0.717, 1.165) is 19.6 Å². The minimum Gasteiger partial charge on any atom is -0.377 e. The van der Waals surface area contributed by atoms with E-state index in [-0.39, 0.29) is 12.0 Å². The van der Waals surface area contributed by atoms with Crippen molar-refractivity contribution in [3.8, 4) is 0 Å². The maximum absolute atomic E-state index is 10.6. The molecule has 76 valence electrons. The van der Waals surface area contributed by atoms with E-state index >= 15 is 0 Å². The second-order valence-electron chi connectivity index (χ2n) is 3.63. The minimum atomic E-state index is -0.238. The first-order valence-electron chi connectivity index (χ1n) is 4.71. The molecule has 0 aliphatic carbocycles. The summed E-state index contributed by atoms with van der Waals surface area (Å²) >= 11 is 0. The molecule has 1 aliphatic rings. The maximum Gasteiger partial charge on any atom is 0.218 e. The Morgan fingerprint density at radius 2 is 2.38 bits per heavy atom. The molecule has 2 atom stereocenters. The van der Waals surface area contributed by atoms with Gasteiger partial charge < -0.3 is 15.4 Å². The van der Waals surface area contributed by atoms with Crippen LogP contribution in [0.15, 0.2) is 0 Å². The van der Waals surface area contributed by atoms with Crippen LogP contribution >= 0.6 is 0 Å². The molecule has 13 heavy (non-hydrogen) atoms. The summed E-state index contributed by atoms with van der Waals surface area (Å²) in [6.07, 6.45) is 1.76. The zero-order chi connectivity index (χ0) is 9.84. The van der Waals surface area contributed by atoms with Gasteiger partial charge in [-0.3, -0.25) is 4.79 Å². The Kier molecular flexibility index (Phi) is 3.69. The van der Waals surface area contributed by atoms with Crippen molar-refractivity contribution in [3.63, 3.8) is 0 Å². The number of carbonyl (C=O) groups excluding carboxylic acids is 1. The molecule has 2 unspecified atom stereocenters. The molecule has 1 fully saturated rings. The minimum absolute atomic E-state index is 0.238. The van der Waals surface area contributed by atoms with Crippen molar-refractivity contribution in [1.29, 1.82) is 0 Å². The first kappa shape index (κ1) is 10.5. The molecule has 0 saturated carbocycles. The van der Waals surface area contributed by atoms with E-state index in [0.29, 0.717) is 12.5 Å². The van der Waals surface area contributed by atoms with E-state index in [1.807, 2.05) is 7.05 Å². The van der Waals surface area contributed by atoms with Gasteiger partial charge >= 0.3 is 0 Å². The van der Waals surface area contributed by atoms with Crippen molar-refractivity contribution < 1.29 is 9.53 Å². The number of nitrogens with two attached hydrogens (primary N) is 1. The number of likely N-dealkylation sites (N-methyl/N-ethyl adjacent to an activating group) is 1. The summed E-state index contributed by atoms with van der Waals surface area (Å²) in [5.41, 5.74) is 5.08. The molecule has 2 N–H and O–H groups in total. The largest absolute Gasteiger partial charge is 0.377 e. The summed E-state index contributed by atoms with van der Waals surface area (Å²) in [6, 6.07) is 0.444. The fraction of sp³-hybridized carbons (Fsp3) is 0.889. The highest BCUT2D eigenvalue weighted by Crippen LogP contribution is 2.17. The van der Waals surface area contributed by atoms with E-state index in [1.54, 1.807) is 0 Å². The molecule has 1 saturated heterocycles. The van der Waals surface area contributed by atoms with Gasteiger partial charge in [-0.2, -0.15) is 0 Å². The lowest BCUT2D eigenvalue weighted by atomic mass is 10.1. The van der Waals surface area contributed by atoms with Crippen molar-refractivity contribution >= 4 is 5.91 Å². The lowest BCUT2D eigenvalue weighted by Gasteiger charge is -2.25. The molecular weight excluding hydrogens is 168 g/mol. The van der Waals surface area contributed by atoms with Crippen molar-refractivity contribution in [1.82, 2.24) is 4.90 Å². The molecular formula is C9H18N2O2. The Morgan fingerprint density at radius 3 is 2.85 bits per heavy atom. The fourth-order valence-corrected chi connectivity index (χ4v) is 1.75. The highest BCUT2D eigenvalue weighted by atomic mass is 16.5. The first-order valence-corrected chi connectivity index (χ1v) is 4.71. The molecule has 0 spiro atoms. The van der Waals surface area contributed by atoms with Gasteiger partial charge in [0.15, 0.2) is 0 Å². The molecule has 0 aromatic rings. The third-order valence-electron chi connectivity index (χ3n) is 2.61. The van der Waals surface area contributed by atoms with Gasteiger partial charge in [0.05, 0.1) is 6.10 Å². The third-order valence-corrected chi connectivity index (χ3v) is 2.61. The highest BCUT2D eigenvalue weighted by Gasteiger charge is 2.27. The van der Waals surface area contributed by atoms with E-state index < -0.39 is 0 Å². The monoisotopic (exact) mass is 186 g/mol. The Hall–Kier alpha value is -0.610. The van der Waals surface area contributed by atoms with Gasteiger partial charge in [-0.1, -0.05) is 0 Å². The zero-order valence-corrected chi connectivity index (χ0v) is 8.32. The average molecular weight is 186 g/mol. The molecule has 4 heteroatoms. The fourth-order valence-electron chi connectivity index (χ4n) is 1.75. The number of amides is 1. The number of primary amides is 1. The number of hydrogen-bond donors (Lipinski definition) is 1. The van der Waals surface area contributed by atoms with Crippen LogP contribution in [0, 0.1) is 0 Å². The molecule has 0 radical (unpaired) electrons. The van der Waals surface area contributed by atoms with Crippen molar-refractivity contribution in [3.05, 3.63) is 0 Å². The normalized spacial score (nSPS) is 28.2. The van der Waals surface area contributed by atoms with E-state index in [2.05, 4.69) is 11.8 Å². The van der Waals surface area contributed by atoms with Crippen molar-refractivity contribution in [2.24, 2.45) is 5.73 Å². The van der Waals surface area contributed by atoms with Crippen LogP contribution < -0.4 is 5.73 Å². The van der Waals surface area contributed by atoms with Gasteiger partial charge in [0.2, 0.25) is 5.91 Å². The number of ether oxygens (including phenoxy) is 1. The maximum atomic E-state index is 10.6. The first-order chi connectivity index (χ1) is 6.11. The third kappa shape index (κ3) is 2.97. The standard InChI is InChI=1S/C9H18N2O2/c1-7-8(4-6-13-7)11(2)5-3-9(10)12/h7-8H,3-6H2,1-2H3,(H2,10,12). The second kappa shape index (κ2) is 4.58. The molecule has 4 nitrogen and oxygen atoms in total. The predicted molar refractivity (Wildman–Crippen MR) is 50.3 cm³/mol. The molecule has 0 bridgehead atoms. The second-order valence-corrected chi connectivity index (χ2v) is 3.63. The summed E-state index contributed by atoms with van der Waals surface area (Å²) < 4.78 is 5.44. The van der Waals surface area contributed by atoms with E-state index in [9.17, 15) is 4.79 Å². The average Bonchev–Trinajstić information content (AvgIpc) is 2.47. The molecule has 1 rings (SSSR count). The van der Waals surface area contributed by atoms with Crippen LogP contribution in [0.25, 0.3) is 0 Å². The SMILES string of the molecule is CC1OCCC1N(C)CCC(N)=O. The predicted octanol–water partition coefficient (Wildman–Crippen LogP) is -0.0290. The highest BCUT2D eigenvalue weighted by molar-refractivity contribution is 5.73. The summed E-state index contributed by atoms with van der Waals surface area (Å²) in [7, 11) is 2.01.